The maximum absolute atomic E-state index is 11.4. The lowest BCUT2D eigenvalue weighted by Gasteiger charge is -2.23. The fraction of sp³-hybridized carbons (Fsp3) is 0.900. The van der Waals surface area contributed by atoms with E-state index in [1.54, 1.807) is 0 Å². The minimum Gasteiger partial charge on any atom is -0.381 e. The van der Waals surface area contributed by atoms with Crippen LogP contribution < -0.4 is 10.6 Å². The minimum absolute atomic E-state index is 0.129. The van der Waals surface area contributed by atoms with Gasteiger partial charge < -0.3 is 15.4 Å². The van der Waals surface area contributed by atoms with Crippen LogP contribution in [0.25, 0.3) is 0 Å². The Morgan fingerprint density at radius 3 is 2.50 bits per heavy atom. The largest absolute Gasteiger partial charge is 0.381 e. The number of carbonyl (C=O) groups is 1. The Bertz CT molecular complexity index is 198. The number of ether oxygens (including phenoxy) is 1. The number of hydrogen-bond donors (Lipinski definition) is 2. The molecule has 80 valence electrons. The van der Waals surface area contributed by atoms with E-state index in [4.69, 9.17) is 4.74 Å². The van der Waals surface area contributed by atoms with Gasteiger partial charge in [0.25, 0.3) is 0 Å². The first-order valence-electron chi connectivity index (χ1n) is 5.45. The summed E-state index contributed by atoms with van der Waals surface area (Å²) in [6, 6.07) is 0.938. The quantitative estimate of drug-likeness (QED) is 0.670. The van der Waals surface area contributed by atoms with Gasteiger partial charge >= 0.3 is 0 Å². The zero-order valence-corrected chi connectivity index (χ0v) is 8.42. The van der Waals surface area contributed by atoms with Crippen molar-refractivity contribution in [3.05, 3.63) is 0 Å². The van der Waals surface area contributed by atoms with Crippen LogP contribution >= 0.6 is 0 Å². The summed E-state index contributed by atoms with van der Waals surface area (Å²) in [6.45, 7) is 2.03. The second-order valence-electron chi connectivity index (χ2n) is 4.11. The summed E-state index contributed by atoms with van der Waals surface area (Å²) in [5, 5.41) is 6.22. The normalized spacial score (nSPS) is 23.4. The van der Waals surface area contributed by atoms with Crippen molar-refractivity contribution in [1.82, 2.24) is 10.6 Å². The van der Waals surface area contributed by atoms with E-state index in [9.17, 15) is 4.79 Å². The van der Waals surface area contributed by atoms with Crippen LogP contribution in [0.1, 0.15) is 25.7 Å². The van der Waals surface area contributed by atoms with E-state index >= 15 is 0 Å². The molecule has 2 rings (SSSR count). The van der Waals surface area contributed by atoms with Gasteiger partial charge in [-0.1, -0.05) is 0 Å². The molecule has 1 saturated carbocycles. The van der Waals surface area contributed by atoms with E-state index in [0.717, 1.165) is 26.1 Å². The van der Waals surface area contributed by atoms with Crippen molar-refractivity contribution >= 4 is 5.91 Å². The van der Waals surface area contributed by atoms with E-state index in [1.165, 1.54) is 12.8 Å². The molecule has 4 heteroatoms. The predicted octanol–water partition coefficient (Wildman–Crippen LogP) is 0.0336. The van der Waals surface area contributed by atoms with Gasteiger partial charge in [0.1, 0.15) is 0 Å². The molecule has 1 aliphatic heterocycles. The average molecular weight is 198 g/mol. The standard InChI is InChI=1S/C10H18N2O2/c13-10(7-11-8-1-2-8)12-9-3-5-14-6-4-9/h8-9,11H,1-7H2,(H,12,13). The van der Waals surface area contributed by atoms with Gasteiger partial charge in [0, 0.05) is 25.3 Å². The van der Waals surface area contributed by atoms with Crippen molar-refractivity contribution in [1.29, 1.82) is 0 Å². The number of nitrogens with one attached hydrogen (secondary N) is 2. The average Bonchev–Trinajstić information content (AvgIpc) is 3.00. The van der Waals surface area contributed by atoms with Gasteiger partial charge in [0.2, 0.25) is 5.91 Å². The molecule has 1 saturated heterocycles. The van der Waals surface area contributed by atoms with Gasteiger partial charge in [0.05, 0.1) is 6.54 Å². The van der Waals surface area contributed by atoms with Crippen LogP contribution in [-0.4, -0.2) is 37.7 Å². The van der Waals surface area contributed by atoms with Crippen molar-refractivity contribution in [2.24, 2.45) is 0 Å². The molecule has 0 atom stereocenters. The molecule has 2 aliphatic rings. The molecule has 0 unspecified atom stereocenters. The second kappa shape index (κ2) is 4.75. The second-order valence-corrected chi connectivity index (χ2v) is 4.11. The summed E-state index contributed by atoms with van der Waals surface area (Å²) in [6.07, 6.45) is 4.36. The van der Waals surface area contributed by atoms with Crippen molar-refractivity contribution in [3.63, 3.8) is 0 Å². The van der Waals surface area contributed by atoms with Gasteiger partial charge in [-0.25, -0.2) is 0 Å². The van der Waals surface area contributed by atoms with E-state index < -0.39 is 0 Å². The highest BCUT2D eigenvalue weighted by molar-refractivity contribution is 5.78. The van der Waals surface area contributed by atoms with Gasteiger partial charge in [-0.3, -0.25) is 4.79 Å². The molecule has 0 aromatic carbocycles. The summed E-state index contributed by atoms with van der Waals surface area (Å²) in [7, 11) is 0. The Kier molecular flexibility index (Phi) is 3.37. The molecule has 1 heterocycles. The maximum atomic E-state index is 11.4. The SMILES string of the molecule is O=C(CNC1CC1)NC1CCOCC1. The Morgan fingerprint density at radius 1 is 1.14 bits per heavy atom. The lowest BCUT2D eigenvalue weighted by atomic mass is 10.1. The first-order valence-corrected chi connectivity index (χ1v) is 5.45. The molecule has 0 radical (unpaired) electrons. The third-order valence-corrected chi connectivity index (χ3v) is 2.72. The molecule has 4 nitrogen and oxygen atoms in total. The molecular formula is C10H18N2O2. The summed E-state index contributed by atoms with van der Waals surface area (Å²) < 4.78 is 5.22. The molecule has 0 bridgehead atoms. The van der Waals surface area contributed by atoms with Gasteiger partial charge in [0.15, 0.2) is 0 Å². The predicted molar refractivity (Wildman–Crippen MR) is 53.0 cm³/mol. The fourth-order valence-corrected chi connectivity index (χ4v) is 1.65. The first kappa shape index (κ1) is 9.93. The van der Waals surface area contributed by atoms with Crippen molar-refractivity contribution in [3.8, 4) is 0 Å². The molecule has 1 amide bonds. The topological polar surface area (TPSA) is 50.4 Å². The maximum Gasteiger partial charge on any atom is 0.234 e. The third-order valence-electron chi connectivity index (χ3n) is 2.72. The summed E-state index contributed by atoms with van der Waals surface area (Å²) >= 11 is 0. The molecule has 1 aliphatic carbocycles. The molecule has 2 N–H and O–H groups in total. The molecule has 0 aromatic rings. The van der Waals surface area contributed by atoms with Crippen LogP contribution in [0.15, 0.2) is 0 Å². The first-order chi connectivity index (χ1) is 6.84. The van der Waals surface area contributed by atoms with E-state index in [0.29, 0.717) is 18.6 Å². The van der Waals surface area contributed by atoms with Gasteiger partial charge in [-0.2, -0.15) is 0 Å². The summed E-state index contributed by atoms with van der Waals surface area (Å²) in [5.74, 6) is 0.129. The molecular weight excluding hydrogens is 180 g/mol. The monoisotopic (exact) mass is 198 g/mol. The third kappa shape index (κ3) is 3.27. The molecule has 2 fully saturated rings. The Balaban J connectivity index is 1.59. The smallest absolute Gasteiger partial charge is 0.234 e. The fourth-order valence-electron chi connectivity index (χ4n) is 1.65. The van der Waals surface area contributed by atoms with E-state index in [1.807, 2.05) is 0 Å². The lowest BCUT2D eigenvalue weighted by Crippen LogP contribution is -2.43. The van der Waals surface area contributed by atoms with E-state index in [-0.39, 0.29) is 5.91 Å². The molecule has 0 aromatic heterocycles. The van der Waals surface area contributed by atoms with Crippen LogP contribution in [0.5, 0.6) is 0 Å². The number of hydrogen-bond acceptors (Lipinski definition) is 3. The van der Waals surface area contributed by atoms with Crippen LogP contribution in [0.2, 0.25) is 0 Å². The highest BCUT2D eigenvalue weighted by atomic mass is 16.5. The highest BCUT2D eigenvalue weighted by Crippen LogP contribution is 2.17. The Morgan fingerprint density at radius 2 is 1.86 bits per heavy atom. The van der Waals surface area contributed by atoms with Gasteiger partial charge in [-0.05, 0) is 25.7 Å². The van der Waals surface area contributed by atoms with Crippen LogP contribution in [0.3, 0.4) is 0 Å². The van der Waals surface area contributed by atoms with E-state index in [2.05, 4.69) is 10.6 Å². The van der Waals surface area contributed by atoms with Crippen molar-refractivity contribution < 1.29 is 9.53 Å². The summed E-state index contributed by atoms with van der Waals surface area (Å²) in [4.78, 5) is 11.4. The van der Waals surface area contributed by atoms with Crippen molar-refractivity contribution in [2.75, 3.05) is 19.8 Å². The summed E-state index contributed by atoms with van der Waals surface area (Å²) in [5.41, 5.74) is 0. The van der Waals surface area contributed by atoms with Crippen molar-refractivity contribution in [2.45, 2.75) is 37.8 Å². The zero-order valence-electron chi connectivity index (χ0n) is 8.42. The number of rotatable bonds is 4. The highest BCUT2D eigenvalue weighted by Gasteiger charge is 2.22. The van der Waals surface area contributed by atoms with Crippen LogP contribution in [0, 0.1) is 0 Å². The number of carbonyl (C=O) groups excluding carboxylic acids is 1. The van der Waals surface area contributed by atoms with Crippen LogP contribution in [-0.2, 0) is 9.53 Å². The Hall–Kier alpha value is -0.610. The van der Waals surface area contributed by atoms with Gasteiger partial charge in [-0.15, -0.1) is 0 Å². The van der Waals surface area contributed by atoms with Crippen LogP contribution in [0.4, 0.5) is 0 Å². The lowest BCUT2D eigenvalue weighted by molar-refractivity contribution is -0.121. The number of amides is 1. The molecule has 14 heavy (non-hydrogen) atoms. The minimum atomic E-state index is 0.129. The Labute approximate surface area is 84.4 Å². The molecule has 0 spiro atoms. The zero-order chi connectivity index (χ0) is 9.80.